The Morgan fingerprint density at radius 3 is 1.88 bits per heavy atom. The van der Waals surface area contributed by atoms with Gasteiger partial charge in [0.25, 0.3) is 0 Å². The molecule has 0 N–H and O–H groups in total. The summed E-state index contributed by atoms with van der Waals surface area (Å²) in [6, 6.07) is 0. The van der Waals surface area contributed by atoms with Crippen molar-refractivity contribution in [2.45, 2.75) is 77.2 Å². The van der Waals surface area contributed by atoms with Gasteiger partial charge in [-0.05, 0) is 118 Å². The molecule has 0 radical (unpaired) electrons. The minimum Gasteiger partial charge on any atom is -0.459 e. The monoisotopic (exact) mass is 342 g/mol. The van der Waals surface area contributed by atoms with Crippen molar-refractivity contribution in [3.05, 3.63) is 0 Å². The Bertz CT molecular complexity index is 591. The molecule has 9 fully saturated rings. The zero-order chi connectivity index (χ0) is 16.9. The lowest BCUT2D eigenvalue weighted by molar-refractivity contribution is -0.256. The van der Waals surface area contributed by atoms with Crippen LogP contribution < -0.4 is 0 Å². The van der Waals surface area contributed by atoms with Crippen molar-refractivity contribution in [2.75, 3.05) is 0 Å². The summed E-state index contributed by atoms with van der Waals surface area (Å²) in [4.78, 5) is 11.8. The van der Waals surface area contributed by atoms with Gasteiger partial charge in [0, 0.05) is 12.8 Å². The Balaban J connectivity index is 1.40. The van der Waals surface area contributed by atoms with E-state index in [1.54, 1.807) is 19.8 Å². The first-order valence-corrected chi connectivity index (χ1v) is 11.3. The zero-order valence-corrected chi connectivity index (χ0v) is 16.0. The summed E-state index contributed by atoms with van der Waals surface area (Å²) in [7, 11) is 0. The second-order valence-electron chi connectivity index (χ2n) is 10.9. The topological polar surface area (TPSA) is 26.3 Å². The zero-order valence-electron chi connectivity index (χ0n) is 16.0. The first-order chi connectivity index (χ1) is 12.1. The third kappa shape index (κ3) is 1.90. The Hall–Kier alpha value is -0.530. The van der Waals surface area contributed by atoms with E-state index < -0.39 is 0 Å². The third-order valence-corrected chi connectivity index (χ3v) is 10.3. The molecule has 9 unspecified atom stereocenters. The third-order valence-electron chi connectivity index (χ3n) is 10.3. The second kappa shape index (κ2) is 5.04. The normalized spacial score (nSPS) is 60.9. The average Bonchev–Trinajstić information content (AvgIpc) is 2.62. The van der Waals surface area contributed by atoms with E-state index in [0.717, 1.165) is 59.7 Å². The van der Waals surface area contributed by atoms with Crippen molar-refractivity contribution in [1.82, 2.24) is 0 Å². The number of hydrogen-bond donors (Lipinski definition) is 0. The van der Waals surface area contributed by atoms with Crippen LogP contribution in [0, 0.1) is 59.2 Å². The molecule has 0 aromatic rings. The molecule has 2 nitrogen and oxygen atoms in total. The van der Waals surface area contributed by atoms with E-state index >= 15 is 0 Å². The van der Waals surface area contributed by atoms with Gasteiger partial charge in [0.1, 0.15) is 5.60 Å². The molecule has 0 aliphatic heterocycles. The second-order valence-corrected chi connectivity index (χ2v) is 10.9. The number of esters is 1. The maximum absolute atomic E-state index is 11.8. The minimum atomic E-state index is -0.156. The van der Waals surface area contributed by atoms with Crippen molar-refractivity contribution in [2.24, 2.45) is 59.2 Å². The predicted octanol–water partition coefficient (Wildman–Crippen LogP) is 5.06. The number of rotatable bonds is 1. The molecule has 2 heteroatoms. The lowest BCUT2D eigenvalue weighted by Gasteiger charge is -2.71. The van der Waals surface area contributed by atoms with Crippen LogP contribution in [0.25, 0.3) is 0 Å². The molecular weight excluding hydrogens is 308 g/mol. The molecule has 9 atom stereocenters. The van der Waals surface area contributed by atoms with E-state index in [1.165, 1.54) is 38.5 Å². The standard InChI is InChI=1S/C23H34O2/c1-12(24)25-23(2)11-15-7-10-18(23)22-17-9-8-16(21(15)22)19-13-3-5-14(6-4-13)20(17)19/h13-22H,3-11H2,1-2H3. The van der Waals surface area contributed by atoms with E-state index in [0.29, 0.717) is 5.92 Å². The molecule has 0 aromatic heterocycles. The van der Waals surface area contributed by atoms with Gasteiger partial charge in [-0.3, -0.25) is 4.79 Å². The van der Waals surface area contributed by atoms with E-state index in [9.17, 15) is 4.79 Å². The molecule has 9 aliphatic rings. The summed E-state index contributed by atoms with van der Waals surface area (Å²) in [5, 5.41) is 0. The molecule has 9 saturated carbocycles. The summed E-state index contributed by atoms with van der Waals surface area (Å²) in [6.45, 7) is 3.91. The highest BCUT2D eigenvalue weighted by atomic mass is 16.6. The van der Waals surface area contributed by atoms with Crippen LogP contribution in [0.3, 0.4) is 0 Å². The van der Waals surface area contributed by atoms with Crippen LogP contribution in [0.4, 0.5) is 0 Å². The molecule has 138 valence electrons. The number of fused-ring (bicyclic) bond motifs is 5. The summed E-state index contributed by atoms with van der Waals surface area (Å²) < 4.78 is 6.03. The quantitative estimate of drug-likeness (QED) is 0.622. The first kappa shape index (κ1) is 15.5. The lowest BCUT2D eigenvalue weighted by Crippen LogP contribution is -2.68. The van der Waals surface area contributed by atoms with Crippen LogP contribution in [0.15, 0.2) is 0 Å². The fourth-order valence-corrected chi connectivity index (χ4v) is 10.1. The molecule has 9 rings (SSSR count). The SMILES string of the molecule is CC(=O)OC1(C)CC2CCC1C1C3CCC(C4C5CCC(CC5)C34)C21. The van der Waals surface area contributed by atoms with Crippen molar-refractivity contribution in [1.29, 1.82) is 0 Å². The van der Waals surface area contributed by atoms with Crippen LogP contribution >= 0.6 is 0 Å². The number of hydrogen-bond acceptors (Lipinski definition) is 2. The molecule has 0 saturated heterocycles. The number of carbonyl (C=O) groups excluding carboxylic acids is 1. The molecule has 0 amide bonds. The summed E-state index contributed by atoms with van der Waals surface area (Å²) in [6.07, 6.45) is 13.1. The predicted molar refractivity (Wildman–Crippen MR) is 96.6 cm³/mol. The summed E-state index contributed by atoms with van der Waals surface area (Å²) in [5.74, 6) is 9.57. The Labute approximate surface area is 152 Å². The van der Waals surface area contributed by atoms with Gasteiger partial charge in [0.15, 0.2) is 0 Å². The van der Waals surface area contributed by atoms with Gasteiger partial charge in [0.2, 0.25) is 0 Å². The van der Waals surface area contributed by atoms with E-state index in [-0.39, 0.29) is 11.6 Å². The van der Waals surface area contributed by atoms with Crippen LogP contribution in [0.2, 0.25) is 0 Å². The number of ether oxygens (including phenoxy) is 1. The first-order valence-electron chi connectivity index (χ1n) is 11.3. The Kier molecular flexibility index (Phi) is 3.13. The Morgan fingerprint density at radius 1 is 0.760 bits per heavy atom. The highest BCUT2D eigenvalue weighted by Gasteiger charge is 2.68. The molecule has 6 bridgehead atoms. The highest BCUT2D eigenvalue weighted by molar-refractivity contribution is 5.66. The molecule has 9 aliphatic carbocycles. The lowest BCUT2D eigenvalue weighted by atomic mass is 9.34. The summed E-state index contributed by atoms with van der Waals surface area (Å²) in [5.41, 5.74) is -0.156. The van der Waals surface area contributed by atoms with Crippen LogP contribution in [0.5, 0.6) is 0 Å². The Morgan fingerprint density at radius 2 is 1.28 bits per heavy atom. The fraction of sp³-hybridized carbons (Fsp3) is 0.957. The number of carbonyl (C=O) groups is 1. The van der Waals surface area contributed by atoms with Crippen molar-refractivity contribution in [3.8, 4) is 0 Å². The molecule has 0 heterocycles. The van der Waals surface area contributed by atoms with Gasteiger partial charge in [-0.2, -0.15) is 0 Å². The smallest absolute Gasteiger partial charge is 0.303 e. The average molecular weight is 343 g/mol. The van der Waals surface area contributed by atoms with Crippen LogP contribution in [-0.4, -0.2) is 11.6 Å². The molecule has 25 heavy (non-hydrogen) atoms. The van der Waals surface area contributed by atoms with Crippen molar-refractivity contribution < 1.29 is 9.53 Å². The minimum absolute atomic E-state index is 0.0535. The van der Waals surface area contributed by atoms with Crippen molar-refractivity contribution in [3.63, 3.8) is 0 Å². The van der Waals surface area contributed by atoms with Gasteiger partial charge in [0.05, 0.1) is 0 Å². The summed E-state index contributed by atoms with van der Waals surface area (Å²) >= 11 is 0. The molecular formula is C23H34O2. The van der Waals surface area contributed by atoms with Crippen molar-refractivity contribution >= 4 is 5.97 Å². The highest BCUT2D eigenvalue weighted by Crippen LogP contribution is 2.72. The van der Waals surface area contributed by atoms with E-state index in [1.807, 2.05) is 0 Å². The van der Waals surface area contributed by atoms with Gasteiger partial charge >= 0.3 is 5.97 Å². The fourth-order valence-electron chi connectivity index (χ4n) is 10.1. The van der Waals surface area contributed by atoms with E-state index in [2.05, 4.69) is 6.92 Å². The maximum atomic E-state index is 11.8. The maximum Gasteiger partial charge on any atom is 0.303 e. The van der Waals surface area contributed by atoms with Gasteiger partial charge in [-0.15, -0.1) is 0 Å². The van der Waals surface area contributed by atoms with Gasteiger partial charge < -0.3 is 4.74 Å². The largest absolute Gasteiger partial charge is 0.459 e. The van der Waals surface area contributed by atoms with Gasteiger partial charge in [-0.25, -0.2) is 0 Å². The molecule has 0 spiro atoms. The van der Waals surface area contributed by atoms with Crippen LogP contribution in [-0.2, 0) is 9.53 Å². The van der Waals surface area contributed by atoms with E-state index in [4.69, 9.17) is 4.74 Å². The van der Waals surface area contributed by atoms with Gasteiger partial charge in [-0.1, -0.05) is 0 Å². The van der Waals surface area contributed by atoms with Crippen LogP contribution in [0.1, 0.15) is 71.6 Å². The molecule has 0 aromatic carbocycles.